The smallest absolute Gasteiger partial charge is 0.331 e. The Morgan fingerprint density at radius 3 is 2.70 bits per heavy atom. The summed E-state index contributed by atoms with van der Waals surface area (Å²) in [6, 6.07) is 11.0. The van der Waals surface area contributed by atoms with Gasteiger partial charge in [-0.05, 0) is 42.8 Å². The molecule has 0 spiro atoms. The fourth-order valence-corrected chi connectivity index (χ4v) is 2.69. The van der Waals surface area contributed by atoms with Gasteiger partial charge in [-0.15, -0.1) is 10.2 Å². The number of ether oxygens (including phenoxy) is 3. The van der Waals surface area contributed by atoms with Crippen LogP contribution in [0.3, 0.4) is 0 Å². The van der Waals surface area contributed by atoms with Crippen molar-refractivity contribution in [3.05, 3.63) is 70.1 Å². The fraction of sp³-hybridized carbons (Fsp3) is 0.150. The number of esters is 1. The maximum atomic E-state index is 12.1. The number of carbonyl (C=O) groups excluding carboxylic acids is 1. The molecule has 30 heavy (non-hydrogen) atoms. The minimum absolute atomic E-state index is 0.0463. The molecule has 0 saturated heterocycles. The van der Waals surface area contributed by atoms with Crippen molar-refractivity contribution in [1.29, 1.82) is 0 Å². The van der Waals surface area contributed by atoms with E-state index < -0.39 is 17.0 Å². The molecule has 1 atom stereocenters. The number of carbonyl (C=O) groups is 1. The predicted octanol–water partition coefficient (Wildman–Crippen LogP) is 3.69. The Morgan fingerprint density at radius 1 is 1.17 bits per heavy atom. The van der Waals surface area contributed by atoms with Crippen molar-refractivity contribution in [3.63, 3.8) is 0 Å². The second-order valence-corrected chi connectivity index (χ2v) is 6.27. The van der Waals surface area contributed by atoms with E-state index in [1.165, 1.54) is 30.3 Å². The Balaban J connectivity index is 1.38. The number of nitrogens with zero attached hydrogens (tertiary/aromatic N) is 3. The van der Waals surface area contributed by atoms with Crippen LogP contribution in [0.15, 0.2) is 53.0 Å². The zero-order chi connectivity index (χ0) is 21.1. The number of nitro groups is 1. The highest BCUT2D eigenvalue weighted by Gasteiger charge is 2.19. The van der Waals surface area contributed by atoms with Gasteiger partial charge in [0.1, 0.15) is 0 Å². The van der Waals surface area contributed by atoms with Gasteiger partial charge >= 0.3 is 5.97 Å². The van der Waals surface area contributed by atoms with Crippen molar-refractivity contribution in [2.24, 2.45) is 0 Å². The lowest BCUT2D eigenvalue weighted by molar-refractivity contribution is -0.384. The quantitative estimate of drug-likeness (QED) is 0.259. The van der Waals surface area contributed by atoms with Crippen molar-refractivity contribution in [2.45, 2.75) is 13.0 Å². The first-order valence-electron chi connectivity index (χ1n) is 8.86. The lowest BCUT2D eigenvalue weighted by Gasteiger charge is -2.06. The molecule has 2 aromatic carbocycles. The zero-order valence-corrected chi connectivity index (χ0v) is 15.7. The second-order valence-electron chi connectivity index (χ2n) is 6.27. The summed E-state index contributed by atoms with van der Waals surface area (Å²) < 4.78 is 21.3. The van der Waals surface area contributed by atoms with Gasteiger partial charge in [0, 0.05) is 23.8 Å². The highest BCUT2D eigenvalue weighted by atomic mass is 16.7. The molecule has 0 radical (unpaired) electrons. The Morgan fingerprint density at radius 2 is 1.93 bits per heavy atom. The van der Waals surface area contributed by atoms with E-state index >= 15 is 0 Å². The van der Waals surface area contributed by atoms with Crippen LogP contribution in [0.4, 0.5) is 5.69 Å². The van der Waals surface area contributed by atoms with E-state index in [4.69, 9.17) is 18.6 Å². The predicted molar refractivity (Wildman–Crippen MR) is 102 cm³/mol. The molecule has 0 N–H and O–H groups in total. The van der Waals surface area contributed by atoms with Crippen LogP contribution in [0.1, 0.15) is 24.5 Å². The standard InChI is InChI=1S/C20H15N3O7/c1-12(19-21-22-20(30-19)14-4-6-15(7-5-14)23(25)26)29-18(24)9-3-13-2-8-16-17(10-13)28-11-27-16/h2-10,12H,11H2,1H3/b9-3+/t12-/m1/s1. The third-order valence-corrected chi connectivity index (χ3v) is 4.21. The number of hydrogen-bond donors (Lipinski definition) is 0. The summed E-state index contributed by atoms with van der Waals surface area (Å²) in [5, 5.41) is 18.5. The first-order chi connectivity index (χ1) is 14.5. The van der Waals surface area contributed by atoms with Crippen molar-refractivity contribution < 1.29 is 28.3 Å². The van der Waals surface area contributed by atoms with E-state index in [9.17, 15) is 14.9 Å². The zero-order valence-electron chi connectivity index (χ0n) is 15.7. The molecule has 10 heteroatoms. The van der Waals surface area contributed by atoms with Gasteiger partial charge in [0.15, 0.2) is 17.6 Å². The van der Waals surface area contributed by atoms with Crippen molar-refractivity contribution >= 4 is 17.7 Å². The number of benzene rings is 2. The average molecular weight is 409 g/mol. The van der Waals surface area contributed by atoms with E-state index in [1.807, 2.05) is 0 Å². The lowest BCUT2D eigenvalue weighted by Crippen LogP contribution is -2.06. The molecule has 0 bridgehead atoms. The molecular weight excluding hydrogens is 394 g/mol. The molecule has 1 aliphatic rings. The average Bonchev–Trinajstić information content (AvgIpc) is 3.41. The summed E-state index contributed by atoms with van der Waals surface area (Å²) in [5.41, 5.74) is 1.22. The second kappa shape index (κ2) is 8.03. The number of rotatable bonds is 6. The maximum absolute atomic E-state index is 12.1. The van der Waals surface area contributed by atoms with Crippen LogP contribution in [0.5, 0.6) is 11.5 Å². The van der Waals surface area contributed by atoms with Gasteiger partial charge in [0.05, 0.1) is 4.92 Å². The highest BCUT2D eigenvalue weighted by Crippen LogP contribution is 2.32. The lowest BCUT2D eigenvalue weighted by atomic mass is 10.2. The molecule has 2 heterocycles. The number of aromatic nitrogens is 2. The molecule has 0 unspecified atom stereocenters. The highest BCUT2D eigenvalue weighted by molar-refractivity contribution is 5.87. The third kappa shape index (κ3) is 4.12. The topological polar surface area (TPSA) is 127 Å². The van der Waals surface area contributed by atoms with Crippen LogP contribution < -0.4 is 9.47 Å². The summed E-state index contributed by atoms with van der Waals surface area (Å²) in [7, 11) is 0. The molecule has 0 amide bonds. The fourth-order valence-electron chi connectivity index (χ4n) is 2.69. The number of fused-ring (bicyclic) bond motifs is 1. The van der Waals surface area contributed by atoms with Gasteiger partial charge in [-0.25, -0.2) is 4.79 Å². The first-order valence-corrected chi connectivity index (χ1v) is 8.86. The number of nitro benzene ring substituents is 1. The SMILES string of the molecule is C[C@@H](OC(=O)/C=C/c1ccc2c(c1)OCO2)c1nnc(-c2ccc([N+](=O)[O-])cc2)o1. The van der Waals surface area contributed by atoms with Crippen LogP contribution in [0.25, 0.3) is 17.5 Å². The molecule has 0 aliphatic carbocycles. The molecule has 152 valence electrons. The normalized spacial score (nSPS) is 13.4. The largest absolute Gasteiger partial charge is 0.454 e. The van der Waals surface area contributed by atoms with Crippen molar-refractivity contribution in [3.8, 4) is 23.0 Å². The van der Waals surface area contributed by atoms with E-state index in [0.717, 1.165) is 5.56 Å². The number of hydrogen-bond acceptors (Lipinski definition) is 9. The summed E-state index contributed by atoms with van der Waals surface area (Å²) >= 11 is 0. The minimum atomic E-state index is -0.779. The molecular formula is C20H15N3O7. The van der Waals surface area contributed by atoms with Gasteiger partial charge in [-0.2, -0.15) is 0 Å². The molecule has 3 aromatic rings. The van der Waals surface area contributed by atoms with Gasteiger partial charge in [-0.1, -0.05) is 6.07 Å². The summed E-state index contributed by atoms with van der Waals surface area (Å²) in [6.07, 6.45) is 2.09. The van der Waals surface area contributed by atoms with E-state index in [1.54, 1.807) is 31.2 Å². The maximum Gasteiger partial charge on any atom is 0.331 e. The van der Waals surface area contributed by atoms with Crippen molar-refractivity contribution in [2.75, 3.05) is 6.79 Å². The van der Waals surface area contributed by atoms with Crippen molar-refractivity contribution in [1.82, 2.24) is 10.2 Å². The van der Waals surface area contributed by atoms with Crippen LogP contribution in [0.2, 0.25) is 0 Å². The first kappa shape index (κ1) is 19.1. The van der Waals surface area contributed by atoms with Gasteiger partial charge in [0.2, 0.25) is 12.7 Å². The summed E-state index contributed by atoms with van der Waals surface area (Å²) in [5.74, 6) is 0.953. The molecule has 0 saturated carbocycles. The summed E-state index contributed by atoms with van der Waals surface area (Å²) in [6.45, 7) is 1.77. The molecule has 4 rings (SSSR count). The van der Waals surface area contributed by atoms with Crippen LogP contribution >= 0.6 is 0 Å². The van der Waals surface area contributed by atoms with Gasteiger partial charge in [0.25, 0.3) is 11.6 Å². The molecule has 0 fully saturated rings. The monoisotopic (exact) mass is 409 g/mol. The molecule has 1 aliphatic heterocycles. The van der Waals surface area contributed by atoms with E-state index in [0.29, 0.717) is 17.1 Å². The minimum Gasteiger partial charge on any atom is -0.454 e. The Hall–Kier alpha value is -4.21. The van der Waals surface area contributed by atoms with E-state index in [2.05, 4.69) is 10.2 Å². The van der Waals surface area contributed by atoms with E-state index in [-0.39, 0.29) is 24.3 Å². The number of non-ortho nitro benzene ring substituents is 1. The van der Waals surface area contributed by atoms with Gasteiger partial charge in [-0.3, -0.25) is 10.1 Å². The Bertz CT molecular complexity index is 1120. The Kier molecular flexibility index (Phi) is 5.12. The van der Waals surface area contributed by atoms with Crippen LogP contribution in [-0.4, -0.2) is 27.9 Å². The van der Waals surface area contributed by atoms with Crippen LogP contribution in [-0.2, 0) is 9.53 Å². The Labute approximate surface area is 169 Å². The summed E-state index contributed by atoms with van der Waals surface area (Å²) in [4.78, 5) is 22.3. The molecule has 10 nitrogen and oxygen atoms in total. The third-order valence-electron chi connectivity index (χ3n) is 4.21. The molecule has 1 aromatic heterocycles. The van der Waals surface area contributed by atoms with Crippen LogP contribution in [0, 0.1) is 10.1 Å². The van der Waals surface area contributed by atoms with Gasteiger partial charge < -0.3 is 18.6 Å².